The van der Waals surface area contributed by atoms with E-state index < -0.39 is 5.54 Å². The highest BCUT2D eigenvalue weighted by atomic mass is 35.5. The fraction of sp³-hybridized carbons (Fsp3) is 0.583. The molecule has 0 atom stereocenters. The minimum absolute atomic E-state index is 0.0869. The number of rotatable bonds is 5. The lowest BCUT2D eigenvalue weighted by Crippen LogP contribution is -2.52. The van der Waals surface area contributed by atoms with Crippen LogP contribution >= 0.6 is 22.9 Å². The highest BCUT2D eigenvalue weighted by Crippen LogP contribution is 2.23. The average Bonchev–Trinajstić information content (AvgIpc) is 2.62. The van der Waals surface area contributed by atoms with Crippen LogP contribution in [-0.2, 0) is 11.3 Å². The van der Waals surface area contributed by atoms with E-state index in [-0.39, 0.29) is 5.91 Å². The zero-order valence-electron chi connectivity index (χ0n) is 10.7. The summed E-state index contributed by atoms with van der Waals surface area (Å²) in [6, 6.07) is 3.81. The molecule has 0 aliphatic carbocycles. The van der Waals surface area contributed by atoms with Crippen LogP contribution in [0.3, 0.4) is 0 Å². The van der Waals surface area contributed by atoms with Gasteiger partial charge in [0.15, 0.2) is 0 Å². The van der Waals surface area contributed by atoms with Crippen molar-refractivity contribution in [1.29, 1.82) is 0 Å². The Labute approximate surface area is 112 Å². The van der Waals surface area contributed by atoms with E-state index in [0.29, 0.717) is 6.54 Å². The summed E-state index contributed by atoms with van der Waals surface area (Å²) in [5.74, 6) is 0.0869. The monoisotopic (exact) mass is 274 g/mol. The maximum Gasteiger partial charge on any atom is 0.242 e. The predicted molar refractivity (Wildman–Crippen MR) is 73.6 cm³/mol. The molecule has 0 saturated carbocycles. The average molecular weight is 275 g/mol. The quantitative estimate of drug-likeness (QED) is 0.895. The molecule has 0 aliphatic heterocycles. The van der Waals surface area contributed by atoms with Gasteiger partial charge in [0.25, 0.3) is 0 Å². The van der Waals surface area contributed by atoms with Gasteiger partial charge in [0.05, 0.1) is 16.4 Å². The lowest BCUT2D eigenvalue weighted by atomic mass is 10.0. The number of hydrogen-bond acceptors (Lipinski definition) is 3. The fourth-order valence-corrected chi connectivity index (χ4v) is 2.88. The topological polar surface area (TPSA) is 32.3 Å². The van der Waals surface area contributed by atoms with Crippen molar-refractivity contribution in [2.45, 2.75) is 32.9 Å². The van der Waals surface area contributed by atoms with Crippen LogP contribution in [0.1, 0.15) is 25.6 Å². The molecule has 0 spiro atoms. The molecule has 1 N–H and O–H groups in total. The van der Waals surface area contributed by atoms with E-state index in [4.69, 9.17) is 11.6 Å². The lowest BCUT2D eigenvalue weighted by Gasteiger charge is -2.29. The number of likely N-dealkylation sites (N-methyl/N-ethyl adjacent to an activating group) is 2. The van der Waals surface area contributed by atoms with Crippen molar-refractivity contribution < 1.29 is 4.79 Å². The summed E-state index contributed by atoms with van der Waals surface area (Å²) in [4.78, 5) is 15.0. The second-order valence-electron chi connectivity index (χ2n) is 4.52. The molecule has 0 unspecified atom stereocenters. The Balaban J connectivity index is 2.64. The first kappa shape index (κ1) is 14.5. The maximum absolute atomic E-state index is 12.2. The molecule has 0 fully saturated rings. The largest absolute Gasteiger partial charge is 0.339 e. The standard InChI is InChI=1S/C12H19ClN2OS/c1-5-14-12(2,3)11(16)15(4)8-9-6-7-10(13)17-9/h6-7,14H,5,8H2,1-4H3. The second-order valence-corrected chi connectivity index (χ2v) is 6.32. The summed E-state index contributed by atoms with van der Waals surface area (Å²) < 4.78 is 0.756. The summed E-state index contributed by atoms with van der Waals surface area (Å²) in [6.45, 7) is 7.17. The minimum atomic E-state index is -0.523. The molecule has 1 aromatic heterocycles. The molecule has 1 amide bonds. The first-order valence-corrected chi connectivity index (χ1v) is 6.81. The molecule has 1 aromatic rings. The molecule has 96 valence electrons. The van der Waals surface area contributed by atoms with E-state index in [9.17, 15) is 4.79 Å². The third-order valence-electron chi connectivity index (χ3n) is 2.52. The SMILES string of the molecule is CCNC(C)(C)C(=O)N(C)Cc1ccc(Cl)s1. The third kappa shape index (κ3) is 3.98. The first-order chi connectivity index (χ1) is 7.86. The molecule has 17 heavy (non-hydrogen) atoms. The Morgan fingerprint density at radius 2 is 2.18 bits per heavy atom. The molecule has 1 rings (SSSR count). The molecular weight excluding hydrogens is 256 g/mol. The number of hydrogen-bond donors (Lipinski definition) is 1. The number of carbonyl (C=O) groups is 1. The van der Waals surface area contributed by atoms with E-state index >= 15 is 0 Å². The van der Waals surface area contributed by atoms with Gasteiger partial charge in [-0.2, -0.15) is 0 Å². The molecular formula is C12H19ClN2OS. The Morgan fingerprint density at radius 3 is 2.65 bits per heavy atom. The van der Waals surface area contributed by atoms with Crippen LogP contribution < -0.4 is 5.32 Å². The predicted octanol–water partition coefficient (Wildman–Crippen LogP) is 2.75. The smallest absolute Gasteiger partial charge is 0.242 e. The van der Waals surface area contributed by atoms with Crippen molar-refractivity contribution >= 4 is 28.8 Å². The van der Waals surface area contributed by atoms with E-state index in [1.165, 1.54) is 11.3 Å². The van der Waals surface area contributed by atoms with Crippen molar-refractivity contribution in [2.24, 2.45) is 0 Å². The molecule has 3 nitrogen and oxygen atoms in total. The molecule has 5 heteroatoms. The number of nitrogens with one attached hydrogen (secondary N) is 1. The van der Waals surface area contributed by atoms with Gasteiger partial charge in [-0.25, -0.2) is 0 Å². The van der Waals surface area contributed by atoms with Crippen molar-refractivity contribution in [2.75, 3.05) is 13.6 Å². The molecule has 0 aromatic carbocycles. The Hall–Kier alpha value is -0.580. The van der Waals surface area contributed by atoms with Crippen LogP contribution in [-0.4, -0.2) is 29.9 Å². The lowest BCUT2D eigenvalue weighted by molar-refractivity contribution is -0.136. The normalized spacial score (nSPS) is 11.6. The summed E-state index contributed by atoms with van der Waals surface area (Å²) >= 11 is 7.37. The van der Waals surface area contributed by atoms with Crippen LogP contribution in [0.5, 0.6) is 0 Å². The van der Waals surface area contributed by atoms with Gasteiger partial charge in [-0.05, 0) is 32.5 Å². The van der Waals surface area contributed by atoms with Crippen molar-refractivity contribution in [1.82, 2.24) is 10.2 Å². The number of nitrogens with zero attached hydrogens (tertiary/aromatic N) is 1. The number of carbonyl (C=O) groups excluding carboxylic acids is 1. The van der Waals surface area contributed by atoms with E-state index in [2.05, 4.69) is 5.32 Å². The van der Waals surface area contributed by atoms with Crippen LogP contribution in [0.15, 0.2) is 12.1 Å². The number of thiophene rings is 1. The third-order valence-corrected chi connectivity index (χ3v) is 3.74. The Kier molecular flexibility index (Phi) is 4.98. The molecule has 0 bridgehead atoms. The van der Waals surface area contributed by atoms with E-state index in [1.807, 2.05) is 40.0 Å². The number of amides is 1. The fourth-order valence-electron chi connectivity index (χ4n) is 1.74. The zero-order chi connectivity index (χ0) is 13.1. The highest BCUT2D eigenvalue weighted by Gasteiger charge is 2.29. The van der Waals surface area contributed by atoms with Gasteiger partial charge >= 0.3 is 0 Å². The summed E-state index contributed by atoms with van der Waals surface area (Å²) in [5, 5.41) is 3.18. The summed E-state index contributed by atoms with van der Waals surface area (Å²) in [7, 11) is 1.81. The maximum atomic E-state index is 12.2. The van der Waals surface area contributed by atoms with Gasteiger partial charge in [-0.3, -0.25) is 4.79 Å². The number of halogens is 1. The van der Waals surface area contributed by atoms with Gasteiger partial charge in [-0.15, -0.1) is 11.3 Å². The van der Waals surface area contributed by atoms with Crippen molar-refractivity contribution in [3.63, 3.8) is 0 Å². The Morgan fingerprint density at radius 1 is 1.53 bits per heavy atom. The molecule has 0 saturated heterocycles. The van der Waals surface area contributed by atoms with Crippen LogP contribution in [0.25, 0.3) is 0 Å². The van der Waals surface area contributed by atoms with Crippen molar-refractivity contribution in [3.8, 4) is 0 Å². The van der Waals surface area contributed by atoms with Gasteiger partial charge in [0.1, 0.15) is 0 Å². The van der Waals surface area contributed by atoms with Crippen LogP contribution in [0.4, 0.5) is 0 Å². The zero-order valence-corrected chi connectivity index (χ0v) is 12.3. The van der Waals surface area contributed by atoms with Gasteiger partial charge in [-0.1, -0.05) is 18.5 Å². The Bertz CT molecular complexity index is 390. The summed E-state index contributed by atoms with van der Waals surface area (Å²) in [6.07, 6.45) is 0. The van der Waals surface area contributed by atoms with Gasteiger partial charge < -0.3 is 10.2 Å². The minimum Gasteiger partial charge on any atom is -0.339 e. The highest BCUT2D eigenvalue weighted by molar-refractivity contribution is 7.16. The van der Waals surface area contributed by atoms with E-state index in [0.717, 1.165) is 15.8 Å². The molecule has 1 heterocycles. The molecule has 0 radical (unpaired) electrons. The van der Waals surface area contributed by atoms with Crippen molar-refractivity contribution in [3.05, 3.63) is 21.3 Å². The first-order valence-electron chi connectivity index (χ1n) is 5.61. The van der Waals surface area contributed by atoms with E-state index in [1.54, 1.807) is 4.90 Å². The van der Waals surface area contributed by atoms with Gasteiger partial charge in [0.2, 0.25) is 5.91 Å². The van der Waals surface area contributed by atoms with Gasteiger partial charge in [0, 0.05) is 11.9 Å². The second kappa shape index (κ2) is 5.85. The molecule has 0 aliphatic rings. The van der Waals surface area contributed by atoms with Crippen LogP contribution in [0, 0.1) is 0 Å². The summed E-state index contributed by atoms with van der Waals surface area (Å²) in [5.41, 5.74) is -0.523. The van der Waals surface area contributed by atoms with Crippen LogP contribution in [0.2, 0.25) is 4.34 Å².